The van der Waals surface area contributed by atoms with Crippen LogP contribution in [0, 0.1) is 0 Å². The van der Waals surface area contributed by atoms with Crippen LogP contribution in [-0.2, 0) is 4.74 Å². The number of methoxy groups -OCH3 is 1. The Morgan fingerprint density at radius 2 is 1.76 bits per heavy atom. The lowest BCUT2D eigenvalue weighted by molar-refractivity contribution is 0.0806. The minimum atomic E-state index is -0.245. The van der Waals surface area contributed by atoms with Gasteiger partial charge in [0.25, 0.3) is 0 Å². The Morgan fingerprint density at radius 3 is 2.52 bits per heavy atom. The summed E-state index contributed by atoms with van der Waals surface area (Å²) in [5.41, 5.74) is 9.58. The molecule has 3 nitrogen and oxygen atoms in total. The Labute approximate surface area is 124 Å². The molecule has 0 bridgehead atoms. The molecule has 2 aromatic carbocycles. The number of fused-ring (bicyclic) bond motifs is 1. The SMILES string of the molecule is COC(c1ccccc1)C(N)c1cccc2ncccc12. The molecular formula is C18H18N2O. The van der Waals surface area contributed by atoms with Crippen LogP contribution in [0.2, 0.25) is 0 Å². The van der Waals surface area contributed by atoms with Crippen LogP contribution in [0.3, 0.4) is 0 Å². The Balaban J connectivity index is 2.05. The fourth-order valence-corrected chi connectivity index (χ4v) is 2.71. The third-order valence-corrected chi connectivity index (χ3v) is 3.75. The summed E-state index contributed by atoms with van der Waals surface area (Å²) in [5.74, 6) is 0. The first-order valence-corrected chi connectivity index (χ1v) is 6.98. The Morgan fingerprint density at radius 1 is 0.952 bits per heavy atom. The van der Waals surface area contributed by atoms with E-state index in [4.69, 9.17) is 10.5 Å². The zero-order valence-corrected chi connectivity index (χ0v) is 11.9. The highest BCUT2D eigenvalue weighted by molar-refractivity contribution is 5.82. The van der Waals surface area contributed by atoms with Gasteiger partial charge in [-0.05, 0) is 23.3 Å². The lowest BCUT2D eigenvalue weighted by Crippen LogP contribution is -2.21. The highest BCUT2D eigenvalue weighted by Crippen LogP contribution is 2.32. The number of rotatable bonds is 4. The third kappa shape index (κ3) is 2.66. The summed E-state index contributed by atoms with van der Waals surface area (Å²) >= 11 is 0. The van der Waals surface area contributed by atoms with Gasteiger partial charge in [0, 0.05) is 18.7 Å². The fraction of sp³-hybridized carbons (Fsp3) is 0.167. The maximum atomic E-state index is 6.50. The molecule has 0 aliphatic rings. The second-order valence-electron chi connectivity index (χ2n) is 5.01. The molecule has 0 saturated heterocycles. The molecule has 3 rings (SSSR count). The first-order chi connectivity index (χ1) is 10.3. The van der Waals surface area contributed by atoms with Crippen LogP contribution < -0.4 is 5.73 Å². The molecule has 2 unspecified atom stereocenters. The quantitative estimate of drug-likeness (QED) is 0.793. The first-order valence-electron chi connectivity index (χ1n) is 6.98. The number of nitrogens with two attached hydrogens (primary N) is 1. The van der Waals surface area contributed by atoms with Gasteiger partial charge in [-0.1, -0.05) is 48.5 Å². The molecule has 106 valence electrons. The van der Waals surface area contributed by atoms with Gasteiger partial charge in [-0.25, -0.2) is 0 Å². The number of hydrogen-bond donors (Lipinski definition) is 1. The number of aromatic nitrogens is 1. The highest BCUT2D eigenvalue weighted by Gasteiger charge is 2.22. The molecule has 0 amide bonds. The van der Waals surface area contributed by atoms with Crippen molar-refractivity contribution < 1.29 is 4.74 Å². The van der Waals surface area contributed by atoms with Crippen molar-refractivity contribution in [3.8, 4) is 0 Å². The molecule has 0 spiro atoms. The van der Waals surface area contributed by atoms with E-state index in [1.165, 1.54) is 0 Å². The van der Waals surface area contributed by atoms with E-state index in [9.17, 15) is 0 Å². The number of nitrogens with zero attached hydrogens (tertiary/aromatic N) is 1. The van der Waals surface area contributed by atoms with Crippen molar-refractivity contribution in [2.45, 2.75) is 12.1 Å². The Kier molecular flexibility index (Phi) is 3.95. The molecule has 1 aromatic heterocycles. The monoisotopic (exact) mass is 278 g/mol. The standard InChI is InChI=1S/C18H18N2O/c1-21-18(13-7-3-2-4-8-13)17(19)15-9-5-11-16-14(15)10-6-12-20-16/h2-12,17-18H,19H2,1H3. The molecule has 3 aromatic rings. The van der Waals surface area contributed by atoms with Crippen molar-refractivity contribution in [3.63, 3.8) is 0 Å². The molecule has 2 N–H and O–H groups in total. The van der Waals surface area contributed by atoms with Gasteiger partial charge in [-0.3, -0.25) is 4.98 Å². The molecule has 3 heteroatoms. The molecule has 0 aliphatic heterocycles. The number of pyridine rings is 1. The average Bonchev–Trinajstić information content (AvgIpc) is 2.56. The molecule has 0 radical (unpaired) electrons. The van der Waals surface area contributed by atoms with Gasteiger partial charge in [-0.2, -0.15) is 0 Å². The molecule has 0 aliphatic carbocycles. The maximum Gasteiger partial charge on any atom is 0.101 e. The van der Waals surface area contributed by atoms with Gasteiger partial charge < -0.3 is 10.5 Å². The average molecular weight is 278 g/mol. The molecular weight excluding hydrogens is 260 g/mol. The second kappa shape index (κ2) is 6.04. The summed E-state index contributed by atoms with van der Waals surface area (Å²) in [6, 6.07) is 19.8. The number of hydrogen-bond acceptors (Lipinski definition) is 3. The summed E-state index contributed by atoms with van der Waals surface area (Å²) in [4.78, 5) is 4.39. The van der Waals surface area contributed by atoms with Crippen LogP contribution >= 0.6 is 0 Å². The zero-order chi connectivity index (χ0) is 14.7. The van der Waals surface area contributed by atoms with E-state index in [1.807, 2.05) is 54.6 Å². The van der Waals surface area contributed by atoms with Crippen LogP contribution in [0.15, 0.2) is 66.9 Å². The van der Waals surface area contributed by atoms with Gasteiger partial charge in [0.2, 0.25) is 0 Å². The number of ether oxygens (including phenoxy) is 1. The predicted octanol–water partition coefficient (Wildman–Crippen LogP) is 3.62. The molecule has 0 fully saturated rings. The molecule has 1 heterocycles. The van der Waals surface area contributed by atoms with Gasteiger partial charge in [0.15, 0.2) is 0 Å². The van der Waals surface area contributed by atoms with E-state index in [0.717, 1.165) is 22.0 Å². The van der Waals surface area contributed by atoms with E-state index < -0.39 is 0 Å². The lowest BCUT2D eigenvalue weighted by atomic mass is 9.93. The molecule has 2 atom stereocenters. The topological polar surface area (TPSA) is 48.1 Å². The van der Waals surface area contributed by atoms with Gasteiger partial charge in [-0.15, -0.1) is 0 Å². The van der Waals surface area contributed by atoms with E-state index in [2.05, 4.69) is 11.1 Å². The van der Waals surface area contributed by atoms with Gasteiger partial charge in [0.1, 0.15) is 6.10 Å². The van der Waals surface area contributed by atoms with Gasteiger partial charge >= 0.3 is 0 Å². The Bertz CT molecular complexity index is 722. The van der Waals surface area contributed by atoms with Crippen LogP contribution in [0.5, 0.6) is 0 Å². The zero-order valence-electron chi connectivity index (χ0n) is 11.9. The number of benzene rings is 2. The molecule has 21 heavy (non-hydrogen) atoms. The summed E-state index contributed by atoms with van der Waals surface area (Å²) in [6.45, 7) is 0. The van der Waals surface area contributed by atoms with Crippen molar-refractivity contribution in [1.29, 1.82) is 0 Å². The summed E-state index contributed by atoms with van der Waals surface area (Å²) < 4.78 is 5.66. The lowest BCUT2D eigenvalue weighted by Gasteiger charge is -2.24. The van der Waals surface area contributed by atoms with Crippen LogP contribution in [0.1, 0.15) is 23.3 Å². The largest absolute Gasteiger partial charge is 0.375 e. The summed E-state index contributed by atoms with van der Waals surface area (Å²) in [5, 5.41) is 1.07. The normalized spacial score (nSPS) is 14.0. The second-order valence-corrected chi connectivity index (χ2v) is 5.01. The third-order valence-electron chi connectivity index (χ3n) is 3.75. The smallest absolute Gasteiger partial charge is 0.101 e. The predicted molar refractivity (Wildman–Crippen MR) is 84.9 cm³/mol. The van der Waals surface area contributed by atoms with Crippen LogP contribution in [0.25, 0.3) is 10.9 Å². The summed E-state index contributed by atoms with van der Waals surface area (Å²) in [7, 11) is 1.70. The highest BCUT2D eigenvalue weighted by atomic mass is 16.5. The van der Waals surface area contributed by atoms with Crippen molar-refractivity contribution in [2.75, 3.05) is 7.11 Å². The Hall–Kier alpha value is -2.23. The van der Waals surface area contributed by atoms with Crippen molar-refractivity contribution in [1.82, 2.24) is 4.98 Å². The van der Waals surface area contributed by atoms with Crippen molar-refractivity contribution in [3.05, 3.63) is 78.0 Å². The molecule has 0 saturated carbocycles. The first kappa shape index (κ1) is 13.7. The summed E-state index contributed by atoms with van der Waals surface area (Å²) in [6.07, 6.45) is 1.61. The van der Waals surface area contributed by atoms with E-state index in [-0.39, 0.29) is 12.1 Å². The van der Waals surface area contributed by atoms with E-state index in [0.29, 0.717) is 0 Å². The minimum absolute atomic E-state index is 0.183. The maximum absolute atomic E-state index is 6.50. The van der Waals surface area contributed by atoms with Crippen LogP contribution in [0.4, 0.5) is 0 Å². The van der Waals surface area contributed by atoms with Crippen LogP contribution in [-0.4, -0.2) is 12.1 Å². The van der Waals surface area contributed by atoms with Crippen molar-refractivity contribution >= 4 is 10.9 Å². The van der Waals surface area contributed by atoms with Gasteiger partial charge in [0.05, 0.1) is 11.6 Å². The fourth-order valence-electron chi connectivity index (χ4n) is 2.71. The van der Waals surface area contributed by atoms with E-state index >= 15 is 0 Å². The van der Waals surface area contributed by atoms with Crippen molar-refractivity contribution in [2.24, 2.45) is 5.73 Å². The van der Waals surface area contributed by atoms with E-state index in [1.54, 1.807) is 13.3 Å². The minimum Gasteiger partial charge on any atom is -0.375 e.